The first-order valence-corrected chi connectivity index (χ1v) is 10.8. The lowest BCUT2D eigenvalue weighted by Gasteiger charge is -2.63. The van der Waals surface area contributed by atoms with Crippen LogP contribution in [0.2, 0.25) is 0 Å². The van der Waals surface area contributed by atoms with Crippen molar-refractivity contribution in [1.29, 1.82) is 0 Å². The summed E-state index contributed by atoms with van der Waals surface area (Å²) in [6.45, 7) is 0.161. The SMILES string of the molecule is Oc1ccc2c(c1)[C@]13CCN(CC(F)F)[C@H](C2)[C@]1(O)Cc1cc2ccccc2nc1C3. The third kappa shape index (κ3) is 2.61. The molecule has 2 aliphatic carbocycles. The smallest absolute Gasteiger partial charge is 0.251 e. The molecule has 0 unspecified atom stereocenters. The molecule has 2 aromatic carbocycles. The van der Waals surface area contributed by atoms with Gasteiger partial charge >= 0.3 is 0 Å². The van der Waals surface area contributed by atoms with E-state index >= 15 is 0 Å². The van der Waals surface area contributed by atoms with Crippen LogP contribution in [-0.4, -0.2) is 51.3 Å². The number of phenols is 1. The van der Waals surface area contributed by atoms with Gasteiger partial charge in [0.1, 0.15) is 5.75 Å². The molecule has 1 fully saturated rings. The summed E-state index contributed by atoms with van der Waals surface area (Å²) in [5.41, 5.74) is 2.99. The summed E-state index contributed by atoms with van der Waals surface area (Å²) in [5, 5.41) is 23.6. The fourth-order valence-corrected chi connectivity index (χ4v) is 6.49. The van der Waals surface area contributed by atoms with Crippen LogP contribution in [0.5, 0.6) is 5.75 Å². The van der Waals surface area contributed by atoms with Gasteiger partial charge < -0.3 is 10.2 Å². The number of pyridine rings is 1. The van der Waals surface area contributed by atoms with Crippen molar-refractivity contribution in [1.82, 2.24) is 9.88 Å². The molecular weight excluding hydrogens is 398 g/mol. The number of hydrogen-bond acceptors (Lipinski definition) is 4. The lowest BCUT2D eigenvalue weighted by molar-refractivity contribution is -0.157. The Bertz CT molecular complexity index is 1200. The number of benzene rings is 2. The predicted molar refractivity (Wildman–Crippen MR) is 114 cm³/mol. The molecule has 3 aliphatic rings. The monoisotopic (exact) mass is 422 g/mol. The van der Waals surface area contributed by atoms with Crippen LogP contribution in [0.15, 0.2) is 48.5 Å². The fourth-order valence-electron chi connectivity index (χ4n) is 6.49. The molecule has 0 amide bonds. The van der Waals surface area contributed by atoms with E-state index in [1.165, 1.54) is 0 Å². The van der Waals surface area contributed by atoms with Gasteiger partial charge in [-0.25, -0.2) is 8.78 Å². The maximum atomic E-state index is 13.4. The molecule has 2 heterocycles. The number of piperidine rings is 1. The summed E-state index contributed by atoms with van der Waals surface area (Å²) in [4.78, 5) is 6.71. The highest BCUT2D eigenvalue weighted by Gasteiger charge is 2.64. The number of aromatic hydroxyl groups is 1. The van der Waals surface area contributed by atoms with Crippen LogP contribution in [0, 0.1) is 0 Å². The number of fused-ring (bicyclic) bond motifs is 3. The van der Waals surface area contributed by atoms with Crippen molar-refractivity contribution in [3.05, 3.63) is 70.9 Å². The van der Waals surface area contributed by atoms with Crippen molar-refractivity contribution in [2.75, 3.05) is 13.1 Å². The third-order valence-electron chi connectivity index (χ3n) is 7.86. The summed E-state index contributed by atoms with van der Waals surface area (Å²) in [6.07, 6.45) is -0.480. The summed E-state index contributed by atoms with van der Waals surface area (Å²) >= 11 is 0. The molecule has 4 nitrogen and oxygen atoms in total. The summed E-state index contributed by atoms with van der Waals surface area (Å²) in [7, 11) is 0. The Balaban J connectivity index is 1.57. The Morgan fingerprint density at radius 1 is 1.10 bits per heavy atom. The molecule has 0 saturated carbocycles. The Kier molecular flexibility index (Phi) is 3.99. The highest BCUT2D eigenvalue weighted by atomic mass is 19.3. The van der Waals surface area contributed by atoms with E-state index in [1.54, 1.807) is 17.0 Å². The zero-order chi connectivity index (χ0) is 21.4. The normalized spacial score (nSPS) is 29.5. The topological polar surface area (TPSA) is 56.6 Å². The molecule has 3 atom stereocenters. The Morgan fingerprint density at radius 3 is 2.77 bits per heavy atom. The van der Waals surface area contributed by atoms with E-state index in [0.717, 1.165) is 33.3 Å². The van der Waals surface area contributed by atoms with Gasteiger partial charge in [-0.05, 0) is 60.3 Å². The van der Waals surface area contributed by atoms with Crippen molar-refractivity contribution in [3.63, 3.8) is 0 Å². The van der Waals surface area contributed by atoms with Crippen LogP contribution < -0.4 is 0 Å². The van der Waals surface area contributed by atoms with Crippen LogP contribution >= 0.6 is 0 Å². The maximum absolute atomic E-state index is 13.4. The summed E-state index contributed by atoms with van der Waals surface area (Å²) < 4.78 is 26.8. The predicted octanol–water partition coefficient (Wildman–Crippen LogP) is 3.60. The second-order valence-electron chi connectivity index (χ2n) is 9.34. The first-order valence-electron chi connectivity index (χ1n) is 10.8. The van der Waals surface area contributed by atoms with Gasteiger partial charge in [-0.3, -0.25) is 9.88 Å². The minimum absolute atomic E-state index is 0.168. The van der Waals surface area contributed by atoms with Crippen molar-refractivity contribution >= 4 is 10.9 Å². The van der Waals surface area contributed by atoms with Crippen LogP contribution in [0.1, 0.15) is 28.8 Å². The zero-order valence-electron chi connectivity index (χ0n) is 17.1. The molecular formula is C25H24F2N2O2. The van der Waals surface area contributed by atoms with Crippen LogP contribution in [0.25, 0.3) is 10.9 Å². The fraction of sp³-hybridized carbons (Fsp3) is 0.400. The van der Waals surface area contributed by atoms with Gasteiger partial charge in [0, 0.05) is 35.4 Å². The molecule has 2 N–H and O–H groups in total. The number of nitrogens with zero attached hydrogens (tertiary/aromatic N) is 2. The quantitative estimate of drug-likeness (QED) is 0.663. The second kappa shape index (κ2) is 6.47. The first-order chi connectivity index (χ1) is 14.9. The molecule has 1 aliphatic heterocycles. The number of hydrogen-bond donors (Lipinski definition) is 2. The molecule has 0 spiro atoms. The lowest BCUT2D eigenvalue weighted by Crippen LogP contribution is -2.74. The van der Waals surface area contributed by atoms with Crippen LogP contribution in [-0.2, 0) is 24.7 Å². The minimum Gasteiger partial charge on any atom is -0.508 e. The second-order valence-corrected chi connectivity index (χ2v) is 9.34. The van der Waals surface area contributed by atoms with Gasteiger partial charge in [0.2, 0.25) is 0 Å². The van der Waals surface area contributed by atoms with Gasteiger partial charge in [-0.2, -0.15) is 0 Å². The maximum Gasteiger partial charge on any atom is 0.251 e. The van der Waals surface area contributed by atoms with Gasteiger partial charge in [-0.15, -0.1) is 0 Å². The highest BCUT2D eigenvalue weighted by molar-refractivity contribution is 5.79. The summed E-state index contributed by atoms with van der Waals surface area (Å²) in [6, 6.07) is 14.9. The minimum atomic E-state index is -2.45. The van der Waals surface area contributed by atoms with Gasteiger partial charge in [0.15, 0.2) is 0 Å². The van der Waals surface area contributed by atoms with Gasteiger partial charge in [0.05, 0.1) is 17.7 Å². The molecule has 0 radical (unpaired) electrons. The number of likely N-dealkylation sites (tertiary alicyclic amines) is 1. The van der Waals surface area contributed by atoms with E-state index in [-0.39, 0.29) is 12.3 Å². The molecule has 3 aromatic rings. The lowest BCUT2D eigenvalue weighted by atomic mass is 9.49. The average Bonchev–Trinajstić information content (AvgIpc) is 2.73. The molecule has 1 saturated heterocycles. The van der Waals surface area contributed by atoms with Gasteiger partial charge in [-0.1, -0.05) is 24.3 Å². The Morgan fingerprint density at radius 2 is 1.94 bits per heavy atom. The van der Waals surface area contributed by atoms with E-state index in [4.69, 9.17) is 4.98 Å². The molecule has 160 valence electrons. The number of alkyl halides is 2. The van der Waals surface area contributed by atoms with Crippen molar-refractivity contribution < 1.29 is 19.0 Å². The first kappa shape index (κ1) is 19.1. The third-order valence-corrected chi connectivity index (χ3v) is 7.86. The van der Waals surface area contributed by atoms with E-state index in [1.807, 2.05) is 30.3 Å². The van der Waals surface area contributed by atoms with E-state index in [9.17, 15) is 19.0 Å². The van der Waals surface area contributed by atoms with Crippen molar-refractivity contribution in [2.45, 2.75) is 49.2 Å². The Hall–Kier alpha value is -2.57. The molecule has 2 bridgehead atoms. The number of para-hydroxylation sites is 1. The van der Waals surface area contributed by atoms with Crippen LogP contribution in [0.4, 0.5) is 8.78 Å². The highest BCUT2D eigenvalue weighted by Crippen LogP contribution is 2.57. The van der Waals surface area contributed by atoms with Crippen LogP contribution in [0.3, 0.4) is 0 Å². The number of rotatable bonds is 2. The molecule has 6 rings (SSSR count). The molecule has 6 heteroatoms. The van der Waals surface area contributed by atoms with E-state index < -0.39 is 23.5 Å². The number of phenolic OH excluding ortho intramolecular Hbond substituents is 1. The average molecular weight is 422 g/mol. The Labute approximate surface area is 179 Å². The number of aromatic nitrogens is 1. The standard InChI is InChI=1S/C25H24F2N2O2/c26-23(27)14-29-8-7-24-13-21-17(9-16-3-1-2-4-20(16)28-21)12-25(24,31)22(29)10-15-5-6-18(30)11-19(15)24/h1-6,9,11,22-23,30-31H,7-8,10,12-14H2/t22-,24-,25-/m1/s1. The van der Waals surface area contributed by atoms with E-state index in [2.05, 4.69) is 6.07 Å². The molecule has 1 aromatic heterocycles. The van der Waals surface area contributed by atoms with Crippen molar-refractivity contribution in [2.24, 2.45) is 0 Å². The van der Waals surface area contributed by atoms with E-state index in [0.29, 0.717) is 32.2 Å². The summed E-state index contributed by atoms with van der Waals surface area (Å²) in [5.74, 6) is 0.168. The number of halogens is 2. The van der Waals surface area contributed by atoms with Crippen molar-refractivity contribution in [3.8, 4) is 5.75 Å². The number of aliphatic hydroxyl groups is 1. The largest absolute Gasteiger partial charge is 0.508 e. The zero-order valence-corrected chi connectivity index (χ0v) is 17.1. The molecule has 31 heavy (non-hydrogen) atoms. The van der Waals surface area contributed by atoms with Gasteiger partial charge in [0.25, 0.3) is 6.43 Å².